The highest BCUT2D eigenvalue weighted by Crippen LogP contribution is 2.37. The second-order valence-electron chi connectivity index (χ2n) is 5.27. The highest BCUT2D eigenvalue weighted by molar-refractivity contribution is 7.14. The van der Waals surface area contributed by atoms with Crippen molar-refractivity contribution >= 4 is 34.6 Å². The summed E-state index contributed by atoms with van der Waals surface area (Å²) in [5.41, 5.74) is 0.735. The number of hydrazone groups is 1. The van der Waals surface area contributed by atoms with E-state index in [9.17, 15) is 9.59 Å². The van der Waals surface area contributed by atoms with Gasteiger partial charge in [-0.05, 0) is 19.1 Å². The zero-order valence-electron chi connectivity index (χ0n) is 16.2. The lowest BCUT2D eigenvalue weighted by Gasteiger charge is -2.13. The quantitative estimate of drug-likeness (QED) is 0.377. The van der Waals surface area contributed by atoms with E-state index in [2.05, 4.69) is 10.1 Å². The average molecular weight is 407 g/mol. The highest BCUT2D eigenvalue weighted by atomic mass is 32.1. The van der Waals surface area contributed by atoms with Crippen LogP contribution in [0.5, 0.6) is 17.2 Å². The zero-order chi connectivity index (χ0) is 20.7. The van der Waals surface area contributed by atoms with Gasteiger partial charge in [-0.25, -0.2) is 9.78 Å². The fraction of sp³-hybridized carbons (Fsp3) is 0.333. The number of carbonyl (C=O) groups is 2. The maximum Gasteiger partial charge on any atom is 0.357 e. The standard InChI is InChI=1S/C18H21N3O6S/c1-6-27-17(23)13-10-28-18(20-13)21(11(2)22)19-9-12-7-14(24-3)16(26-5)15(8-12)25-4/h7-10H,6H2,1-5H3. The Bertz CT molecular complexity index is 855. The largest absolute Gasteiger partial charge is 0.493 e. The van der Waals surface area contributed by atoms with Gasteiger partial charge in [-0.1, -0.05) is 0 Å². The summed E-state index contributed by atoms with van der Waals surface area (Å²) in [6.45, 7) is 3.29. The molecule has 0 atom stereocenters. The number of thiazole rings is 1. The van der Waals surface area contributed by atoms with Gasteiger partial charge in [0.1, 0.15) is 0 Å². The third-order valence-electron chi connectivity index (χ3n) is 3.47. The van der Waals surface area contributed by atoms with Gasteiger partial charge in [-0.3, -0.25) is 4.79 Å². The summed E-state index contributed by atoms with van der Waals surface area (Å²) < 4.78 is 20.8. The molecule has 0 unspecified atom stereocenters. The van der Waals surface area contributed by atoms with E-state index in [1.165, 1.54) is 39.8 Å². The molecule has 2 rings (SSSR count). The van der Waals surface area contributed by atoms with E-state index in [1.807, 2.05) is 0 Å². The number of rotatable bonds is 8. The number of methoxy groups -OCH3 is 3. The van der Waals surface area contributed by atoms with Crippen LogP contribution in [-0.2, 0) is 9.53 Å². The van der Waals surface area contributed by atoms with E-state index in [0.717, 1.165) is 16.3 Å². The number of aromatic nitrogens is 1. The van der Waals surface area contributed by atoms with Crippen LogP contribution < -0.4 is 19.2 Å². The molecule has 2 aromatic rings. The first-order valence-corrected chi connectivity index (χ1v) is 9.10. The number of esters is 1. The molecule has 0 aliphatic heterocycles. The number of nitrogens with zero attached hydrogens (tertiary/aromatic N) is 3. The molecule has 1 aromatic heterocycles. The van der Waals surface area contributed by atoms with Crippen molar-refractivity contribution in [1.82, 2.24) is 4.98 Å². The fourth-order valence-corrected chi connectivity index (χ4v) is 3.02. The van der Waals surface area contributed by atoms with Crippen molar-refractivity contribution in [3.05, 3.63) is 28.8 Å². The molecule has 0 fully saturated rings. The highest BCUT2D eigenvalue weighted by Gasteiger charge is 2.19. The zero-order valence-corrected chi connectivity index (χ0v) is 17.0. The van der Waals surface area contributed by atoms with Gasteiger partial charge in [-0.2, -0.15) is 10.1 Å². The Balaban J connectivity index is 2.33. The summed E-state index contributed by atoms with van der Waals surface area (Å²) in [7, 11) is 4.52. The third-order valence-corrected chi connectivity index (χ3v) is 4.28. The number of benzene rings is 1. The molecular formula is C18H21N3O6S. The second-order valence-corrected chi connectivity index (χ2v) is 6.11. The van der Waals surface area contributed by atoms with E-state index >= 15 is 0 Å². The van der Waals surface area contributed by atoms with Crippen LogP contribution in [0, 0.1) is 0 Å². The number of anilines is 1. The van der Waals surface area contributed by atoms with E-state index in [0.29, 0.717) is 22.8 Å². The molecule has 150 valence electrons. The van der Waals surface area contributed by atoms with Gasteiger partial charge in [0.05, 0.1) is 34.2 Å². The van der Waals surface area contributed by atoms with Gasteiger partial charge in [0, 0.05) is 17.9 Å². The Morgan fingerprint density at radius 3 is 2.32 bits per heavy atom. The Morgan fingerprint density at radius 1 is 1.18 bits per heavy atom. The van der Waals surface area contributed by atoms with Crippen molar-refractivity contribution in [2.75, 3.05) is 32.9 Å². The molecule has 0 N–H and O–H groups in total. The molecule has 1 amide bonds. The van der Waals surface area contributed by atoms with E-state index in [1.54, 1.807) is 19.1 Å². The smallest absolute Gasteiger partial charge is 0.357 e. The van der Waals surface area contributed by atoms with Crippen molar-refractivity contribution in [2.24, 2.45) is 5.10 Å². The summed E-state index contributed by atoms with van der Waals surface area (Å²) in [4.78, 5) is 27.9. The molecule has 1 heterocycles. The van der Waals surface area contributed by atoms with Crippen molar-refractivity contribution in [3.8, 4) is 17.2 Å². The van der Waals surface area contributed by atoms with Gasteiger partial charge in [0.25, 0.3) is 0 Å². The van der Waals surface area contributed by atoms with Crippen LogP contribution >= 0.6 is 11.3 Å². The van der Waals surface area contributed by atoms with E-state index in [-0.39, 0.29) is 23.3 Å². The van der Waals surface area contributed by atoms with Gasteiger partial charge >= 0.3 is 5.97 Å². The minimum Gasteiger partial charge on any atom is -0.493 e. The number of hydrogen-bond donors (Lipinski definition) is 0. The summed E-state index contributed by atoms with van der Waals surface area (Å²) in [5, 5.41) is 7.05. The molecule has 0 aliphatic carbocycles. The molecule has 0 radical (unpaired) electrons. The first-order chi connectivity index (χ1) is 13.4. The van der Waals surface area contributed by atoms with Crippen LogP contribution in [0.2, 0.25) is 0 Å². The first-order valence-electron chi connectivity index (χ1n) is 8.22. The van der Waals surface area contributed by atoms with Crippen molar-refractivity contribution in [3.63, 3.8) is 0 Å². The molecule has 0 spiro atoms. The SMILES string of the molecule is CCOC(=O)c1csc(N(N=Cc2cc(OC)c(OC)c(OC)c2)C(C)=O)n1. The van der Waals surface area contributed by atoms with Gasteiger partial charge in [-0.15, -0.1) is 11.3 Å². The Labute approximate surface area is 166 Å². The lowest BCUT2D eigenvalue weighted by molar-refractivity contribution is -0.116. The minimum absolute atomic E-state index is 0.121. The molecule has 0 saturated heterocycles. The summed E-state index contributed by atoms with van der Waals surface area (Å²) in [6.07, 6.45) is 1.46. The Hall–Kier alpha value is -3.14. The molecule has 0 aliphatic rings. The summed E-state index contributed by atoms with van der Waals surface area (Å²) >= 11 is 1.11. The average Bonchev–Trinajstić information content (AvgIpc) is 3.17. The predicted molar refractivity (Wildman–Crippen MR) is 105 cm³/mol. The molecule has 0 bridgehead atoms. The second kappa shape index (κ2) is 9.70. The molecule has 9 nitrogen and oxygen atoms in total. The number of hydrogen-bond acceptors (Lipinski definition) is 9. The molecule has 0 saturated carbocycles. The molecule has 28 heavy (non-hydrogen) atoms. The molecular weight excluding hydrogens is 386 g/mol. The third kappa shape index (κ3) is 4.77. The predicted octanol–water partition coefficient (Wildman–Crippen LogP) is 2.73. The van der Waals surface area contributed by atoms with Crippen molar-refractivity contribution in [1.29, 1.82) is 0 Å². The van der Waals surface area contributed by atoms with Crippen LogP contribution in [0.1, 0.15) is 29.9 Å². The Kier molecular flexibility index (Phi) is 7.33. The monoisotopic (exact) mass is 407 g/mol. The van der Waals surface area contributed by atoms with Crippen LogP contribution in [0.4, 0.5) is 5.13 Å². The van der Waals surface area contributed by atoms with Crippen LogP contribution in [-0.4, -0.2) is 51.0 Å². The number of amides is 1. The first kappa shape index (κ1) is 21.2. The summed E-state index contributed by atoms with van der Waals surface area (Å²) in [5.74, 6) is 0.438. The van der Waals surface area contributed by atoms with Crippen molar-refractivity contribution < 1.29 is 28.5 Å². The Morgan fingerprint density at radius 2 is 1.82 bits per heavy atom. The van der Waals surface area contributed by atoms with E-state index in [4.69, 9.17) is 18.9 Å². The number of ether oxygens (including phenoxy) is 4. The van der Waals surface area contributed by atoms with Crippen LogP contribution in [0.3, 0.4) is 0 Å². The van der Waals surface area contributed by atoms with E-state index < -0.39 is 5.97 Å². The van der Waals surface area contributed by atoms with Crippen molar-refractivity contribution in [2.45, 2.75) is 13.8 Å². The topological polar surface area (TPSA) is 99.5 Å². The van der Waals surface area contributed by atoms with Gasteiger partial charge in [0.15, 0.2) is 17.2 Å². The number of carbonyl (C=O) groups excluding carboxylic acids is 2. The maximum atomic E-state index is 12.0. The minimum atomic E-state index is -0.554. The summed E-state index contributed by atoms with van der Waals surface area (Å²) in [6, 6.07) is 3.38. The van der Waals surface area contributed by atoms with Gasteiger partial charge < -0.3 is 18.9 Å². The van der Waals surface area contributed by atoms with Gasteiger partial charge in [0.2, 0.25) is 16.8 Å². The van der Waals surface area contributed by atoms with Crippen LogP contribution in [0.25, 0.3) is 0 Å². The fourth-order valence-electron chi connectivity index (χ4n) is 2.23. The normalized spacial score (nSPS) is 10.6. The molecule has 1 aromatic carbocycles. The van der Waals surface area contributed by atoms with Crippen LogP contribution in [0.15, 0.2) is 22.6 Å². The molecule has 10 heteroatoms. The lowest BCUT2D eigenvalue weighted by atomic mass is 10.2. The lowest BCUT2D eigenvalue weighted by Crippen LogP contribution is -2.22. The maximum absolute atomic E-state index is 12.0.